The van der Waals surface area contributed by atoms with E-state index >= 15 is 0 Å². The number of H-pyrrole nitrogens is 1. The fraction of sp³-hybridized carbons (Fsp3) is 0.357. The molecule has 2 heterocycles. The number of para-hydroxylation sites is 1. The molecular weight excluding hydrogens is 274 g/mol. The number of nitrogens with zero attached hydrogens (tertiary/aromatic N) is 1. The Kier molecular flexibility index (Phi) is 3.50. The molecule has 1 aliphatic rings. The summed E-state index contributed by atoms with van der Waals surface area (Å²) in [5.41, 5.74) is 7.73. The standard InChI is InChI=1S/C14H17N3O2S/c15-5-4-10-7-16-14(20)17(10)11-6-9-2-1-3-12(18)13(9)19-8-11/h1-3,7,11,18H,4-6,8,15H2,(H,16,20)/t11-/m1/s1. The maximum absolute atomic E-state index is 9.79. The topological polar surface area (TPSA) is 76.2 Å². The number of hydrogen-bond donors (Lipinski definition) is 3. The Bertz CT molecular complexity index is 677. The molecule has 0 aliphatic carbocycles. The molecule has 4 N–H and O–H groups in total. The molecule has 3 rings (SSSR count). The maximum Gasteiger partial charge on any atom is 0.177 e. The van der Waals surface area contributed by atoms with Gasteiger partial charge >= 0.3 is 0 Å². The molecule has 106 valence electrons. The second-order valence-electron chi connectivity index (χ2n) is 4.93. The van der Waals surface area contributed by atoms with Crippen LogP contribution in [0.3, 0.4) is 0 Å². The molecule has 0 spiro atoms. The van der Waals surface area contributed by atoms with Crippen LogP contribution in [-0.4, -0.2) is 27.8 Å². The van der Waals surface area contributed by atoms with Crippen LogP contribution < -0.4 is 10.5 Å². The largest absolute Gasteiger partial charge is 0.504 e. The molecule has 20 heavy (non-hydrogen) atoms. The number of ether oxygens (including phenoxy) is 1. The minimum atomic E-state index is 0.129. The van der Waals surface area contributed by atoms with Crippen LogP contribution in [0.25, 0.3) is 0 Å². The second kappa shape index (κ2) is 5.30. The molecule has 1 atom stereocenters. The van der Waals surface area contributed by atoms with Gasteiger partial charge in [0.1, 0.15) is 6.61 Å². The average Bonchev–Trinajstić information content (AvgIpc) is 2.80. The molecule has 0 unspecified atom stereocenters. The fourth-order valence-corrected chi connectivity index (χ4v) is 3.04. The van der Waals surface area contributed by atoms with Crippen LogP contribution in [-0.2, 0) is 12.8 Å². The highest BCUT2D eigenvalue weighted by atomic mass is 32.1. The summed E-state index contributed by atoms with van der Waals surface area (Å²) < 4.78 is 8.48. The number of nitrogens with one attached hydrogen (secondary N) is 1. The van der Waals surface area contributed by atoms with E-state index < -0.39 is 0 Å². The van der Waals surface area contributed by atoms with Crippen molar-refractivity contribution in [1.29, 1.82) is 0 Å². The summed E-state index contributed by atoms with van der Waals surface area (Å²) in [7, 11) is 0. The summed E-state index contributed by atoms with van der Waals surface area (Å²) in [5, 5.41) is 9.79. The number of aromatic nitrogens is 2. The zero-order valence-corrected chi connectivity index (χ0v) is 11.8. The number of nitrogens with two attached hydrogens (primary N) is 1. The molecular formula is C14H17N3O2S. The third kappa shape index (κ3) is 2.21. The van der Waals surface area contributed by atoms with Crippen LogP contribution in [0.1, 0.15) is 17.3 Å². The van der Waals surface area contributed by atoms with E-state index in [1.54, 1.807) is 6.07 Å². The van der Waals surface area contributed by atoms with Crippen molar-refractivity contribution >= 4 is 12.2 Å². The molecule has 0 saturated heterocycles. The van der Waals surface area contributed by atoms with Gasteiger partial charge in [-0.05, 0) is 24.8 Å². The summed E-state index contributed by atoms with van der Waals surface area (Å²) in [4.78, 5) is 3.07. The molecule has 1 aliphatic heterocycles. The van der Waals surface area contributed by atoms with Gasteiger partial charge in [0.15, 0.2) is 16.3 Å². The van der Waals surface area contributed by atoms with Crippen LogP contribution >= 0.6 is 12.2 Å². The Morgan fingerprint density at radius 3 is 3.15 bits per heavy atom. The number of benzene rings is 1. The molecule has 0 fully saturated rings. The van der Waals surface area contributed by atoms with Crippen molar-refractivity contribution < 1.29 is 9.84 Å². The lowest BCUT2D eigenvalue weighted by molar-refractivity contribution is 0.212. The number of hydrogen-bond acceptors (Lipinski definition) is 4. The van der Waals surface area contributed by atoms with Gasteiger partial charge in [-0.1, -0.05) is 12.1 Å². The first-order valence-electron chi connectivity index (χ1n) is 6.63. The Morgan fingerprint density at radius 2 is 2.35 bits per heavy atom. The maximum atomic E-state index is 9.79. The third-order valence-corrected chi connectivity index (χ3v) is 3.92. The molecule has 0 bridgehead atoms. The first-order valence-corrected chi connectivity index (χ1v) is 7.04. The van der Waals surface area contributed by atoms with E-state index in [-0.39, 0.29) is 11.8 Å². The normalized spacial score (nSPS) is 17.6. The Hall–Kier alpha value is -1.79. The van der Waals surface area contributed by atoms with Crippen LogP contribution in [0.15, 0.2) is 24.4 Å². The van der Waals surface area contributed by atoms with Crippen molar-refractivity contribution in [3.63, 3.8) is 0 Å². The number of rotatable bonds is 3. The van der Waals surface area contributed by atoms with Crippen LogP contribution in [0.4, 0.5) is 0 Å². The van der Waals surface area contributed by atoms with Gasteiger partial charge in [0, 0.05) is 30.3 Å². The predicted octanol–water partition coefficient (Wildman–Crippen LogP) is 1.93. The Balaban J connectivity index is 1.94. The van der Waals surface area contributed by atoms with E-state index in [0.717, 1.165) is 24.1 Å². The monoisotopic (exact) mass is 291 g/mol. The van der Waals surface area contributed by atoms with Gasteiger partial charge in [-0.2, -0.15) is 0 Å². The number of aromatic amines is 1. The van der Waals surface area contributed by atoms with E-state index in [0.29, 0.717) is 23.7 Å². The zero-order chi connectivity index (χ0) is 14.1. The molecule has 1 aromatic carbocycles. The first kappa shape index (κ1) is 13.2. The van der Waals surface area contributed by atoms with Crippen molar-refractivity contribution in [2.24, 2.45) is 5.73 Å². The molecule has 0 amide bonds. The van der Waals surface area contributed by atoms with E-state index in [9.17, 15) is 5.11 Å². The summed E-state index contributed by atoms with van der Waals surface area (Å²) in [6.07, 6.45) is 3.47. The van der Waals surface area contributed by atoms with Crippen molar-refractivity contribution in [3.8, 4) is 11.5 Å². The van der Waals surface area contributed by atoms with Gasteiger partial charge in [-0.25, -0.2) is 0 Å². The summed E-state index contributed by atoms with van der Waals surface area (Å²) in [5.74, 6) is 0.784. The number of fused-ring (bicyclic) bond motifs is 1. The van der Waals surface area contributed by atoms with E-state index in [1.165, 1.54) is 0 Å². The first-order chi connectivity index (χ1) is 9.70. The van der Waals surface area contributed by atoms with Gasteiger partial charge in [0.05, 0.1) is 6.04 Å². The summed E-state index contributed by atoms with van der Waals surface area (Å²) in [6.45, 7) is 1.08. The summed E-state index contributed by atoms with van der Waals surface area (Å²) >= 11 is 5.35. The van der Waals surface area contributed by atoms with Crippen molar-refractivity contribution in [1.82, 2.24) is 9.55 Å². The number of phenols is 1. The molecule has 5 nitrogen and oxygen atoms in total. The van der Waals surface area contributed by atoms with Gasteiger partial charge < -0.3 is 25.1 Å². The highest BCUT2D eigenvalue weighted by molar-refractivity contribution is 7.71. The van der Waals surface area contributed by atoms with Gasteiger partial charge in [-0.15, -0.1) is 0 Å². The third-order valence-electron chi connectivity index (χ3n) is 3.61. The Labute approximate surface area is 122 Å². The lowest BCUT2D eigenvalue weighted by atomic mass is 10.0. The molecule has 0 radical (unpaired) electrons. The van der Waals surface area contributed by atoms with Crippen LogP contribution in [0, 0.1) is 4.77 Å². The smallest absolute Gasteiger partial charge is 0.177 e. The Morgan fingerprint density at radius 1 is 1.50 bits per heavy atom. The van der Waals surface area contributed by atoms with Crippen LogP contribution in [0.2, 0.25) is 0 Å². The highest BCUT2D eigenvalue weighted by Gasteiger charge is 2.25. The number of phenolic OH excluding ortho intramolecular Hbond substituents is 1. The fourth-order valence-electron chi connectivity index (χ4n) is 2.71. The van der Waals surface area contributed by atoms with Gasteiger partial charge in [0.2, 0.25) is 0 Å². The molecule has 2 aromatic rings. The zero-order valence-electron chi connectivity index (χ0n) is 11.0. The molecule has 1 aromatic heterocycles. The predicted molar refractivity (Wildman–Crippen MR) is 78.7 cm³/mol. The van der Waals surface area contributed by atoms with Crippen molar-refractivity contribution in [2.75, 3.05) is 13.2 Å². The number of aromatic hydroxyl groups is 1. The molecule has 0 saturated carbocycles. The average molecular weight is 291 g/mol. The lowest BCUT2D eigenvalue weighted by Crippen LogP contribution is -2.26. The van der Waals surface area contributed by atoms with Crippen LogP contribution in [0.5, 0.6) is 11.5 Å². The van der Waals surface area contributed by atoms with Crippen molar-refractivity contribution in [2.45, 2.75) is 18.9 Å². The van der Waals surface area contributed by atoms with E-state index in [2.05, 4.69) is 9.55 Å². The SMILES string of the molecule is NCCc1c[nH]c(=S)n1[C@H]1COc2c(O)cccc2C1. The quantitative estimate of drug-likeness (QED) is 0.755. The molecule has 6 heteroatoms. The highest BCUT2D eigenvalue weighted by Crippen LogP contribution is 2.36. The minimum Gasteiger partial charge on any atom is -0.504 e. The second-order valence-corrected chi connectivity index (χ2v) is 5.31. The lowest BCUT2D eigenvalue weighted by Gasteiger charge is -2.28. The number of imidazole rings is 1. The van der Waals surface area contributed by atoms with E-state index in [4.69, 9.17) is 22.7 Å². The van der Waals surface area contributed by atoms with E-state index in [1.807, 2.05) is 18.3 Å². The van der Waals surface area contributed by atoms with Crippen molar-refractivity contribution in [3.05, 3.63) is 40.4 Å². The van der Waals surface area contributed by atoms with Gasteiger partial charge in [-0.3, -0.25) is 0 Å². The minimum absolute atomic E-state index is 0.129. The van der Waals surface area contributed by atoms with Gasteiger partial charge in [0.25, 0.3) is 0 Å². The summed E-state index contributed by atoms with van der Waals surface area (Å²) in [6, 6.07) is 5.57.